The molecule has 0 nitrogen and oxygen atoms in total. The molecule has 0 aromatic heterocycles. The van der Waals surface area contributed by atoms with Crippen LogP contribution in [0.15, 0.2) is 0 Å². The Morgan fingerprint density at radius 3 is 0.833 bits per heavy atom. The molecular formula is Cl4LiMo. The summed E-state index contributed by atoms with van der Waals surface area (Å²) >= 11 is -3.13. The number of rotatable bonds is 0. The van der Waals surface area contributed by atoms with Gasteiger partial charge in [0.05, 0.1) is 0 Å². The van der Waals surface area contributed by atoms with Crippen LogP contribution in [0, 0.1) is 0 Å². The Labute approximate surface area is 67.5 Å². The van der Waals surface area contributed by atoms with E-state index in [-0.39, 0.29) is 18.9 Å². The molecule has 0 aliphatic heterocycles. The summed E-state index contributed by atoms with van der Waals surface area (Å²) in [4.78, 5) is 0. The van der Waals surface area contributed by atoms with E-state index in [4.69, 9.17) is 37.7 Å². The molecule has 0 saturated carbocycles. The topological polar surface area (TPSA) is 0 Å². The molecule has 0 amide bonds. The summed E-state index contributed by atoms with van der Waals surface area (Å²) in [5.41, 5.74) is 0. The molecule has 1 radical (unpaired) electrons. The van der Waals surface area contributed by atoms with Crippen LogP contribution in [0.3, 0.4) is 0 Å². The second-order valence-corrected chi connectivity index (χ2v) is 18.6. The summed E-state index contributed by atoms with van der Waals surface area (Å²) in [6.45, 7) is 0. The second-order valence-electron chi connectivity index (χ2n) is 0.350. The standard InChI is InChI=1S/4ClH.Li.Mo/h4*1H;;/q;;;;;+4/p-4. The monoisotopic (exact) mass is 245 g/mol. The first-order valence-corrected chi connectivity index (χ1v) is 11.0. The maximum Gasteiger partial charge on any atom is 0 e. The molecule has 0 saturated heterocycles. The zero-order valence-corrected chi connectivity index (χ0v) is 7.95. The van der Waals surface area contributed by atoms with Gasteiger partial charge in [-0.3, -0.25) is 0 Å². The van der Waals surface area contributed by atoms with Gasteiger partial charge in [-0.15, -0.1) is 0 Å². The Hall–Kier alpha value is 2.45. The summed E-state index contributed by atoms with van der Waals surface area (Å²) in [6, 6.07) is 0. The Kier molecular flexibility index (Phi) is 8.15. The predicted molar refractivity (Wildman–Crippen MR) is 29.2 cm³/mol. The third-order valence-corrected chi connectivity index (χ3v) is 0. The molecule has 0 N–H and O–H groups in total. The van der Waals surface area contributed by atoms with E-state index in [0.717, 1.165) is 0 Å². The maximum atomic E-state index is 5.02. The molecule has 0 spiro atoms. The minimum Gasteiger partial charge on any atom is 0 e. The molecule has 0 aliphatic carbocycles. The van der Waals surface area contributed by atoms with Gasteiger partial charge in [-0.25, -0.2) is 0 Å². The molecule has 0 unspecified atom stereocenters. The van der Waals surface area contributed by atoms with Crippen LogP contribution in [0.1, 0.15) is 0 Å². The first-order chi connectivity index (χ1) is 2.00. The third-order valence-electron chi connectivity index (χ3n) is 0. The third kappa shape index (κ3) is 32.0. The van der Waals surface area contributed by atoms with Crippen molar-refractivity contribution in [2.75, 3.05) is 0 Å². The molecule has 0 aromatic carbocycles. The molecule has 0 aliphatic rings. The molecule has 6 heteroatoms. The number of hydrogen-bond donors (Lipinski definition) is 0. The molecule has 0 atom stereocenters. The van der Waals surface area contributed by atoms with E-state index in [1.54, 1.807) is 0 Å². The van der Waals surface area contributed by atoms with Crippen molar-refractivity contribution < 1.29 is 11.9 Å². The molecule has 6 heavy (non-hydrogen) atoms. The first kappa shape index (κ1) is 11.3. The van der Waals surface area contributed by atoms with Crippen molar-refractivity contribution in [2.45, 2.75) is 0 Å². The van der Waals surface area contributed by atoms with Gasteiger partial charge in [-0.2, -0.15) is 0 Å². The van der Waals surface area contributed by atoms with E-state index < -0.39 is 11.9 Å². The van der Waals surface area contributed by atoms with Crippen molar-refractivity contribution >= 4 is 56.5 Å². The normalized spacial score (nSPS) is 12.7. The van der Waals surface area contributed by atoms with E-state index in [0.29, 0.717) is 0 Å². The fourth-order valence-corrected chi connectivity index (χ4v) is 0. The molecule has 0 fully saturated rings. The first-order valence-electron chi connectivity index (χ1n) is 0.617. The molecule has 0 bridgehead atoms. The minimum atomic E-state index is -3.13. The Morgan fingerprint density at radius 1 is 0.833 bits per heavy atom. The van der Waals surface area contributed by atoms with Crippen LogP contribution < -0.4 is 0 Å². The fraction of sp³-hybridized carbons (Fsp3) is 0. The van der Waals surface area contributed by atoms with Gasteiger partial charge >= 0.3 is 49.6 Å². The van der Waals surface area contributed by atoms with Gasteiger partial charge in [-0.05, 0) is 0 Å². The van der Waals surface area contributed by atoms with E-state index in [2.05, 4.69) is 0 Å². The quantitative estimate of drug-likeness (QED) is 0.574. The van der Waals surface area contributed by atoms with Crippen LogP contribution >= 0.6 is 37.7 Å². The van der Waals surface area contributed by atoms with Gasteiger partial charge < -0.3 is 0 Å². The summed E-state index contributed by atoms with van der Waals surface area (Å²) in [5, 5.41) is 0. The fourth-order valence-electron chi connectivity index (χ4n) is 0. The van der Waals surface area contributed by atoms with Crippen LogP contribution in [-0.4, -0.2) is 18.9 Å². The van der Waals surface area contributed by atoms with Gasteiger partial charge in [0.15, 0.2) is 0 Å². The smallest absolute Gasteiger partial charge is 0 e. The van der Waals surface area contributed by atoms with Crippen LogP contribution in [0.25, 0.3) is 0 Å². The molecule has 0 heterocycles. The summed E-state index contributed by atoms with van der Waals surface area (Å²) in [5.74, 6) is 0. The Balaban J connectivity index is 0. The van der Waals surface area contributed by atoms with Crippen molar-refractivity contribution in [3.63, 3.8) is 0 Å². The molecule has 35 valence electrons. The van der Waals surface area contributed by atoms with Crippen LogP contribution in [-0.2, 0) is 11.9 Å². The molecule has 0 aromatic rings. The largest absolute Gasteiger partial charge is 0 e. The van der Waals surface area contributed by atoms with Gasteiger partial charge in [0.25, 0.3) is 0 Å². The maximum absolute atomic E-state index is 5.02. The van der Waals surface area contributed by atoms with Crippen LogP contribution in [0.2, 0.25) is 0 Å². The van der Waals surface area contributed by atoms with Crippen molar-refractivity contribution in [1.29, 1.82) is 0 Å². The summed E-state index contributed by atoms with van der Waals surface area (Å²) in [7, 11) is 20.1. The van der Waals surface area contributed by atoms with Gasteiger partial charge in [-0.1, -0.05) is 0 Å². The average molecular weight is 245 g/mol. The van der Waals surface area contributed by atoms with Crippen molar-refractivity contribution in [3.8, 4) is 0 Å². The summed E-state index contributed by atoms with van der Waals surface area (Å²) < 4.78 is 0. The zero-order chi connectivity index (χ0) is 4.50. The van der Waals surface area contributed by atoms with Crippen LogP contribution in [0.4, 0.5) is 0 Å². The Bertz CT molecular complexity index is 23.0. The summed E-state index contributed by atoms with van der Waals surface area (Å²) in [6.07, 6.45) is 0. The predicted octanol–water partition coefficient (Wildman–Crippen LogP) is 2.37. The Morgan fingerprint density at radius 2 is 0.833 bits per heavy atom. The van der Waals surface area contributed by atoms with Crippen molar-refractivity contribution in [2.24, 2.45) is 0 Å². The van der Waals surface area contributed by atoms with Gasteiger partial charge in [0, 0.05) is 18.9 Å². The van der Waals surface area contributed by atoms with E-state index in [1.165, 1.54) is 0 Å². The van der Waals surface area contributed by atoms with Crippen molar-refractivity contribution in [3.05, 3.63) is 0 Å². The molecular weight excluding hydrogens is 245 g/mol. The van der Waals surface area contributed by atoms with E-state index in [9.17, 15) is 0 Å². The van der Waals surface area contributed by atoms with E-state index in [1.807, 2.05) is 0 Å². The minimum absolute atomic E-state index is 0. The number of halogens is 4. The zero-order valence-electron chi connectivity index (χ0n) is 2.92. The molecule has 0 rings (SSSR count). The number of hydrogen-bond acceptors (Lipinski definition) is 0. The second kappa shape index (κ2) is 4.34. The van der Waals surface area contributed by atoms with Crippen LogP contribution in [0.5, 0.6) is 0 Å². The van der Waals surface area contributed by atoms with Gasteiger partial charge in [0.1, 0.15) is 0 Å². The van der Waals surface area contributed by atoms with Crippen molar-refractivity contribution in [1.82, 2.24) is 0 Å². The average Bonchev–Trinajstić information content (AvgIpc) is 0.722. The SMILES string of the molecule is [Cl][Mo]([Cl])([Cl])[Cl].[Li]. The van der Waals surface area contributed by atoms with Gasteiger partial charge in [0.2, 0.25) is 0 Å². The van der Waals surface area contributed by atoms with E-state index >= 15 is 0 Å².